The van der Waals surface area contributed by atoms with Gasteiger partial charge in [-0.25, -0.2) is 14.5 Å². The van der Waals surface area contributed by atoms with E-state index < -0.39 is 0 Å². The summed E-state index contributed by atoms with van der Waals surface area (Å²) in [6, 6.07) is 6.00. The number of carbonyl (C=O) groups excluding carboxylic acids is 1. The highest BCUT2D eigenvalue weighted by atomic mass is 32.1. The van der Waals surface area contributed by atoms with Crippen LogP contribution in [0.25, 0.3) is 15.7 Å². The van der Waals surface area contributed by atoms with Crippen LogP contribution in [0.5, 0.6) is 0 Å². The molecule has 4 aromatic heterocycles. The monoisotopic (exact) mass is 392 g/mol. The van der Waals surface area contributed by atoms with Crippen LogP contribution in [0.4, 0.5) is 11.5 Å². The molecule has 0 radical (unpaired) electrons. The topological polar surface area (TPSA) is 75.4 Å². The summed E-state index contributed by atoms with van der Waals surface area (Å²) in [5, 5.41) is 8.78. The maximum Gasteiger partial charge on any atom is 0.225 e. The summed E-state index contributed by atoms with van der Waals surface area (Å²) in [4.78, 5) is 25.3. The summed E-state index contributed by atoms with van der Waals surface area (Å²) in [5.74, 6) is 1.09. The average Bonchev–Trinajstić information content (AvgIpc) is 3.30. The van der Waals surface area contributed by atoms with Crippen molar-refractivity contribution < 1.29 is 4.79 Å². The molecule has 0 saturated heterocycles. The first-order valence-electron chi connectivity index (χ1n) is 9.27. The quantitative estimate of drug-likeness (QED) is 0.579. The van der Waals surface area contributed by atoms with Crippen LogP contribution in [-0.4, -0.2) is 44.5 Å². The van der Waals surface area contributed by atoms with Gasteiger partial charge in [-0.05, 0) is 43.0 Å². The number of nitrogens with zero attached hydrogens (tertiary/aromatic N) is 5. The Morgan fingerprint density at radius 3 is 3.07 bits per heavy atom. The molecule has 4 heterocycles. The molecule has 1 N–H and O–H groups in total. The summed E-state index contributed by atoms with van der Waals surface area (Å²) >= 11 is 1.69. The Morgan fingerprint density at radius 1 is 1.32 bits per heavy atom. The Labute approximate surface area is 166 Å². The van der Waals surface area contributed by atoms with E-state index in [0.717, 1.165) is 46.5 Å². The number of carbonyl (C=O) groups is 1. The van der Waals surface area contributed by atoms with Gasteiger partial charge in [0.25, 0.3) is 0 Å². The number of hydrogen-bond acceptors (Lipinski definition) is 6. The molecule has 28 heavy (non-hydrogen) atoms. The van der Waals surface area contributed by atoms with Gasteiger partial charge in [-0.15, -0.1) is 11.3 Å². The smallest absolute Gasteiger partial charge is 0.225 e. The van der Waals surface area contributed by atoms with Crippen molar-refractivity contribution in [3.05, 3.63) is 47.4 Å². The van der Waals surface area contributed by atoms with Gasteiger partial charge in [-0.1, -0.05) is 0 Å². The summed E-state index contributed by atoms with van der Waals surface area (Å²) in [6.07, 6.45) is 7.84. The molecule has 0 aliphatic heterocycles. The number of rotatable bonds is 3. The second-order valence-corrected chi connectivity index (χ2v) is 8.40. The van der Waals surface area contributed by atoms with Crippen molar-refractivity contribution in [2.24, 2.45) is 5.92 Å². The van der Waals surface area contributed by atoms with E-state index in [1.807, 2.05) is 43.0 Å². The van der Waals surface area contributed by atoms with Crippen molar-refractivity contribution in [2.45, 2.75) is 19.3 Å². The van der Waals surface area contributed by atoms with Gasteiger partial charge in [0.1, 0.15) is 17.0 Å². The number of anilines is 2. The highest BCUT2D eigenvalue weighted by Crippen LogP contribution is 2.40. The molecular formula is C20H20N6OS. The zero-order chi connectivity index (χ0) is 19.3. The van der Waals surface area contributed by atoms with E-state index in [2.05, 4.69) is 20.4 Å². The first-order valence-corrected chi connectivity index (χ1v) is 10.1. The molecule has 1 aliphatic rings. The highest BCUT2D eigenvalue weighted by molar-refractivity contribution is 7.19. The van der Waals surface area contributed by atoms with Crippen LogP contribution < -0.4 is 5.32 Å². The Bertz CT molecular complexity index is 1190. The van der Waals surface area contributed by atoms with Gasteiger partial charge in [-0.3, -0.25) is 4.79 Å². The van der Waals surface area contributed by atoms with E-state index in [9.17, 15) is 4.79 Å². The van der Waals surface area contributed by atoms with Crippen LogP contribution in [0.3, 0.4) is 0 Å². The third-order valence-corrected chi connectivity index (χ3v) is 6.46. The maximum absolute atomic E-state index is 12.4. The van der Waals surface area contributed by atoms with E-state index in [1.54, 1.807) is 28.8 Å². The minimum absolute atomic E-state index is 0.0594. The van der Waals surface area contributed by atoms with Gasteiger partial charge >= 0.3 is 0 Å². The van der Waals surface area contributed by atoms with Gasteiger partial charge < -0.3 is 10.2 Å². The second-order valence-electron chi connectivity index (χ2n) is 7.32. The number of thiophene rings is 1. The highest BCUT2D eigenvalue weighted by Gasteiger charge is 2.29. The van der Waals surface area contributed by atoms with Crippen molar-refractivity contribution in [3.8, 4) is 0 Å². The molecule has 1 aliphatic carbocycles. The molecule has 7 nitrogen and oxygen atoms in total. The van der Waals surface area contributed by atoms with E-state index in [-0.39, 0.29) is 11.8 Å². The van der Waals surface area contributed by atoms with Crippen LogP contribution in [0.2, 0.25) is 0 Å². The predicted molar refractivity (Wildman–Crippen MR) is 110 cm³/mol. The lowest BCUT2D eigenvalue weighted by Crippen LogP contribution is -2.32. The normalized spacial score (nSPS) is 16.3. The molecule has 0 saturated carbocycles. The molecule has 8 heteroatoms. The van der Waals surface area contributed by atoms with Gasteiger partial charge in [0.15, 0.2) is 0 Å². The van der Waals surface area contributed by atoms with Crippen LogP contribution >= 0.6 is 11.3 Å². The second kappa shape index (κ2) is 6.56. The zero-order valence-corrected chi connectivity index (χ0v) is 16.5. The molecule has 1 amide bonds. The van der Waals surface area contributed by atoms with Crippen molar-refractivity contribution >= 4 is 44.5 Å². The molecule has 1 unspecified atom stereocenters. The number of fused-ring (bicyclic) bond motifs is 4. The SMILES string of the molecule is CN(C)C(=O)C1CCc2c(sc3ncnc(Nc4ccn5nccc5c4)c23)C1. The average molecular weight is 392 g/mol. The van der Waals surface area contributed by atoms with E-state index >= 15 is 0 Å². The lowest BCUT2D eigenvalue weighted by Gasteiger charge is -2.24. The summed E-state index contributed by atoms with van der Waals surface area (Å²) in [7, 11) is 3.65. The Balaban J connectivity index is 1.52. The van der Waals surface area contributed by atoms with Crippen molar-refractivity contribution in [1.29, 1.82) is 0 Å². The van der Waals surface area contributed by atoms with Gasteiger partial charge in [0.05, 0.1) is 10.9 Å². The molecule has 0 bridgehead atoms. The number of pyridine rings is 1. The van der Waals surface area contributed by atoms with Crippen LogP contribution in [0.15, 0.2) is 36.9 Å². The Kier molecular flexibility index (Phi) is 4.01. The minimum atomic E-state index is 0.0594. The first-order chi connectivity index (χ1) is 13.6. The van der Waals surface area contributed by atoms with Gasteiger partial charge in [-0.2, -0.15) is 5.10 Å². The van der Waals surface area contributed by atoms with E-state index in [0.29, 0.717) is 0 Å². The van der Waals surface area contributed by atoms with Crippen LogP contribution in [0, 0.1) is 5.92 Å². The molecular weight excluding hydrogens is 372 g/mol. The number of aryl methyl sites for hydroxylation is 1. The van der Waals surface area contributed by atoms with Crippen molar-refractivity contribution in [3.63, 3.8) is 0 Å². The number of aromatic nitrogens is 4. The van der Waals surface area contributed by atoms with Crippen LogP contribution in [-0.2, 0) is 17.6 Å². The lowest BCUT2D eigenvalue weighted by atomic mass is 9.87. The summed E-state index contributed by atoms with van der Waals surface area (Å²) < 4.78 is 1.83. The Hall–Kier alpha value is -3.00. The van der Waals surface area contributed by atoms with E-state index in [4.69, 9.17) is 0 Å². The largest absolute Gasteiger partial charge is 0.349 e. The standard InChI is InChI=1S/C20H20N6OS/c1-25(2)20(27)12-3-4-15-16(9-12)28-19-17(15)18(21-11-22-19)24-13-6-8-26-14(10-13)5-7-23-26/h5-8,10-12H,3-4,9H2,1-2H3,(H,21,22,24). The predicted octanol–water partition coefficient (Wildman–Crippen LogP) is 3.28. The summed E-state index contributed by atoms with van der Waals surface area (Å²) in [6.45, 7) is 0. The summed E-state index contributed by atoms with van der Waals surface area (Å²) in [5.41, 5.74) is 3.27. The van der Waals surface area contributed by atoms with Gasteiger partial charge in [0.2, 0.25) is 5.91 Å². The third kappa shape index (κ3) is 2.80. The van der Waals surface area contributed by atoms with Gasteiger partial charge in [0, 0.05) is 43.0 Å². The fraction of sp³-hybridized carbons (Fsp3) is 0.300. The number of hydrogen-bond donors (Lipinski definition) is 1. The molecule has 1 atom stereocenters. The fourth-order valence-electron chi connectivity index (χ4n) is 3.92. The lowest BCUT2D eigenvalue weighted by molar-refractivity contribution is -0.133. The first kappa shape index (κ1) is 17.1. The zero-order valence-electron chi connectivity index (χ0n) is 15.7. The number of amides is 1. The van der Waals surface area contributed by atoms with E-state index in [1.165, 1.54) is 10.4 Å². The van der Waals surface area contributed by atoms with Crippen LogP contribution in [0.1, 0.15) is 16.9 Å². The molecule has 142 valence electrons. The molecule has 0 aromatic carbocycles. The molecule has 0 fully saturated rings. The Morgan fingerprint density at radius 2 is 2.21 bits per heavy atom. The molecule has 5 rings (SSSR count). The minimum Gasteiger partial charge on any atom is -0.349 e. The van der Waals surface area contributed by atoms with Crippen molar-refractivity contribution in [2.75, 3.05) is 19.4 Å². The van der Waals surface area contributed by atoms with Crippen molar-refractivity contribution in [1.82, 2.24) is 24.5 Å². The fourth-order valence-corrected chi connectivity index (χ4v) is 5.18. The third-order valence-electron chi connectivity index (χ3n) is 5.30. The number of nitrogens with one attached hydrogen (secondary N) is 1. The maximum atomic E-state index is 12.4. The molecule has 4 aromatic rings. The molecule has 0 spiro atoms.